The van der Waals surface area contributed by atoms with Crippen LogP contribution in [0.15, 0.2) is 29.3 Å². The number of benzene rings is 1. The summed E-state index contributed by atoms with van der Waals surface area (Å²) in [5, 5.41) is 3.51. The maximum atomic E-state index is 5.96. The first kappa shape index (κ1) is 23.2. The largest absolute Gasteiger partial charge is 0.492 e. The van der Waals surface area contributed by atoms with Gasteiger partial charge in [-0.05, 0) is 36.5 Å². The number of nitrogens with one attached hydrogen (secondary N) is 1. The molecule has 2 aliphatic heterocycles. The van der Waals surface area contributed by atoms with Gasteiger partial charge in [-0.15, -0.1) is 24.0 Å². The summed E-state index contributed by atoms with van der Waals surface area (Å²) in [6.45, 7) is 10.6. The Kier molecular flexibility index (Phi) is 10.4. The van der Waals surface area contributed by atoms with Gasteiger partial charge < -0.3 is 19.7 Å². The second-order valence-corrected chi connectivity index (χ2v) is 7.54. The quantitative estimate of drug-likeness (QED) is 0.369. The summed E-state index contributed by atoms with van der Waals surface area (Å²) in [6.07, 6.45) is 2.56. The molecule has 2 heterocycles. The number of hydrogen-bond acceptors (Lipinski definition) is 4. The molecule has 2 aliphatic rings. The SMILES string of the molecule is CN=C(NCc1cccc(OCCN2CCOCC2)c1)N1CCCC(C)C1.I. The Morgan fingerprint density at radius 3 is 2.86 bits per heavy atom. The third-order valence-electron chi connectivity index (χ3n) is 5.30. The molecule has 1 N–H and O–H groups in total. The zero-order valence-electron chi connectivity index (χ0n) is 17.2. The van der Waals surface area contributed by atoms with E-state index >= 15 is 0 Å². The van der Waals surface area contributed by atoms with E-state index in [1.807, 2.05) is 13.1 Å². The summed E-state index contributed by atoms with van der Waals surface area (Å²) < 4.78 is 11.3. The molecule has 0 spiro atoms. The van der Waals surface area contributed by atoms with E-state index in [4.69, 9.17) is 9.47 Å². The van der Waals surface area contributed by atoms with Gasteiger partial charge in [-0.25, -0.2) is 0 Å². The van der Waals surface area contributed by atoms with Gasteiger partial charge in [0, 0.05) is 46.3 Å². The van der Waals surface area contributed by atoms with Gasteiger partial charge in [-0.1, -0.05) is 19.1 Å². The lowest BCUT2D eigenvalue weighted by Gasteiger charge is -2.33. The Morgan fingerprint density at radius 1 is 1.29 bits per heavy atom. The molecule has 0 amide bonds. The Hall–Kier alpha value is -1.06. The molecule has 158 valence electrons. The molecule has 0 aromatic heterocycles. The van der Waals surface area contributed by atoms with Crippen molar-refractivity contribution in [3.63, 3.8) is 0 Å². The van der Waals surface area contributed by atoms with Gasteiger partial charge in [0.15, 0.2) is 5.96 Å². The second-order valence-electron chi connectivity index (χ2n) is 7.54. The highest BCUT2D eigenvalue weighted by atomic mass is 127. The van der Waals surface area contributed by atoms with Crippen LogP contribution in [0.3, 0.4) is 0 Å². The van der Waals surface area contributed by atoms with E-state index in [-0.39, 0.29) is 24.0 Å². The molecule has 1 unspecified atom stereocenters. The highest BCUT2D eigenvalue weighted by Gasteiger charge is 2.19. The smallest absolute Gasteiger partial charge is 0.193 e. The number of aliphatic imine (C=N–C) groups is 1. The second kappa shape index (κ2) is 12.5. The van der Waals surface area contributed by atoms with E-state index in [1.54, 1.807) is 0 Å². The van der Waals surface area contributed by atoms with Gasteiger partial charge in [-0.3, -0.25) is 9.89 Å². The minimum absolute atomic E-state index is 0. The van der Waals surface area contributed by atoms with E-state index in [0.717, 1.165) is 70.1 Å². The van der Waals surface area contributed by atoms with Crippen LogP contribution in [0.4, 0.5) is 0 Å². The zero-order valence-corrected chi connectivity index (χ0v) is 19.6. The Labute approximate surface area is 186 Å². The molecule has 28 heavy (non-hydrogen) atoms. The first-order valence-corrected chi connectivity index (χ1v) is 10.2. The molecule has 0 radical (unpaired) electrons. The summed E-state index contributed by atoms with van der Waals surface area (Å²) in [5.41, 5.74) is 1.21. The monoisotopic (exact) mass is 502 g/mol. The summed E-state index contributed by atoms with van der Waals surface area (Å²) in [5.74, 6) is 2.67. The van der Waals surface area contributed by atoms with Crippen molar-refractivity contribution in [3.8, 4) is 5.75 Å². The van der Waals surface area contributed by atoms with Crippen LogP contribution in [-0.2, 0) is 11.3 Å². The number of likely N-dealkylation sites (tertiary alicyclic amines) is 1. The molecule has 0 saturated carbocycles. The summed E-state index contributed by atoms with van der Waals surface area (Å²) in [7, 11) is 1.87. The van der Waals surface area contributed by atoms with Crippen LogP contribution in [0.25, 0.3) is 0 Å². The van der Waals surface area contributed by atoms with Crippen LogP contribution in [0.5, 0.6) is 5.75 Å². The zero-order chi connectivity index (χ0) is 18.9. The average Bonchev–Trinajstić information content (AvgIpc) is 2.70. The standard InChI is InChI=1S/C21H34N4O2.HI/c1-18-5-4-8-25(17-18)21(22-2)23-16-19-6-3-7-20(15-19)27-14-11-24-9-12-26-13-10-24;/h3,6-7,15,18H,4-5,8-14,16-17H2,1-2H3,(H,22,23);1H. The number of rotatable bonds is 6. The molecule has 3 rings (SSSR count). The molecule has 1 aromatic carbocycles. The lowest BCUT2D eigenvalue weighted by molar-refractivity contribution is 0.0322. The summed E-state index contributed by atoms with van der Waals surface area (Å²) in [6, 6.07) is 8.35. The third kappa shape index (κ3) is 7.40. The highest BCUT2D eigenvalue weighted by Crippen LogP contribution is 2.16. The molecule has 6 nitrogen and oxygen atoms in total. The third-order valence-corrected chi connectivity index (χ3v) is 5.30. The van der Waals surface area contributed by atoms with Crippen molar-refractivity contribution in [2.45, 2.75) is 26.3 Å². The predicted octanol–water partition coefficient (Wildman–Crippen LogP) is 2.82. The lowest BCUT2D eigenvalue weighted by atomic mass is 10.0. The molecule has 0 aliphatic carbocycles. The fraction of sp³-hybridized carbons (Fsp3) is 0.667. The normalized spacial score (nSPS) is 21.1. The van der Waals surface area contributed by atoms with Crippen molar-refractivity contribution in [1.82, 2.24) is 15.1 Å². The maximum Gasteiger partial charge on any atom is 0.193 e. The average molecular weight is 502 g/mol. The predicted molar refractivity (Wildman–Crippen MR) is 125 cm³/mol. The Morgan fingerprint density at radius 2 is 2.11 bits per heavy atom. The lowest BCUT2D eigenvalue weighted by Crippen LogP contribution is -2.45. The number of ether oxygens (including phenoxy) is 2. The molecular weight excluding hydrogens is 467 g/mol. The minimum atomic E-state index is 0. The van der Waals surface area contributed by atoms with Gasteiger partial charge in [0.1, 0.15) is 12.4 Å². The van der Waals surface area contributed by atoms with Gasteiger partial charge in [0.25, 0.3) is 0 Å². The molecule has 7 heteroatoms. The fourth-order valence-corrected chi connectivity index (χ4v) is 3.76. The van der Waals surface area contributed by atoms with Crippen molar-refractivity contribution in [2.75, 3.05) is 59.6 Å². The molecule has 0 bridgehead atoms. The van der Waals surface area contributed by atoms with Gasteiger partial charge in [0.05, 0.1) is 13.2 Å². The van der Waals surface area contributed by atoms with E-state index in [9.17, 15) is 0 Å². The number of hydrogen-bond donors (Lipinski definition) is 1. The van der Waals surface area contributed by atoms with Gasteiger partial charge in [0.2, 0.25) is 0 Å². The van der Waals surface area contributed by atoms with E-state index in [0.29, 0.717) is 6.61 Å². The summed E-state index contributed by atoms with van der Waals surface area (Å²) in [4.78, 5) is 9.23. The molecule has 1 atom stereocenters. The Balaban J connectivity index is 0.00000280. The van der Waals surface area contributed by atoms with Crippen LogP contribution < -0.4 is 10.1 Å². The first-order chi connectivity index (χ1) is 13.2. The van der Waals surface area contributed by atoms with Crippen molar-refractivity contribution in [2.24, 2.45) is 10.9 Å². The van der Waals surface area contributed by atoms with Crippen LogP contribution in [0, 0.1) is 5.92 Å². The number of piperidine rings is 1. The van der Waals surface area contributed by atoms with Crippen molar-refractivity contribution < 1.29 is 9.47 Å². The number of halogens is 1. The number of morpholine rings is 1. The van der Waals surface area contributed by atoms with E-state index in [1.165, 1.54) is 18.4 Å². The van der Waals surface area contributed by atoms with Crippen LogP contribution in [0.1, 0.15) is 25.3 Å². The van der Waals surface area contributed by atoms with Crippen LogP contribution >= 0.6 is 24.0 Å². The number of guanidine groups is 1. The van der Waals surface area contributed by atoms with Crippen LogP contribution in [0.2, 0.25) is 0 Å². The highest BCUT2D eigenvalue weighted by molar-refractivity contribution is 14.0. The molecule has 2 fully saturated rings. The maximum absolute atomic E-state index is 5.96. The van der Waals surface area contributed by atoms with E-state index < -0.39 is 0 Å². The molecular formula is C21H35IN4O2. The molecule has 1 aromatic rings. The van der Waals surface area contributed by atoms with Gasteiger partial charge >= 0.3 is 0 Å². The van der Waals surface area contributed by atoms with Crippen LogP contribution in [-0.4, -0.2) is 75.4 Å². The minimum Gasteiger partial charge on any atom is -0.492 e. The first-order valence-electron chi connectivity index (χ1n) is 10.2. The van der Waals surface area contributed by atoms with Crippen molar-refractivity contribution in [1.29, 1.82) is 0 Å². The topological polar surface area (TPSA) is 49.3 Å². The summed E-state index contributed by atoms with van der Waals surface area (Å²) >= 11 is 0. The van der Waals surface area contributed by atoms with Gasteiger partial charge in [-0.2, -0.15) is 0 Å². The van der Waals surface area contributed by atoms with Crippen molar-refractivity contribution >= 4 is 29.9 Å². The van der Waals surface area contributed by atoms with Crippen molar-refractivity contribution in [3.05, 3.63) is 29.8 Å². The van der Waals surface area contributed by atoms with E-state index in [2.05, 4.69) is 45.2 Å². The Bertz CT molecular complexity index is 608. The number of nitrogens with zero attached hydrogens (tertiary/aromatic N) is 3. The molecule has 2 saturated heterocycles. The fourth-order valence-electron chi connectivity index (χ4n) is 3.76.